The first kappa shape index (κ1) is 28.3. The van der Waals surface area contributed by atoms with E-state index in [2.05, 4.69) is 0 Å². The Morgan fingerprint density at radius 1 is 0.613 bits per heavy atom. The molecule has 2 rings (SSSR count). The van der Waals surface area contributed by atoms with Gasteiger partial charge in [-0.15, -0.1) is 0 Å². The van der Waals surface area contributed by atoms with Gasteiger partial charge in [0.25, 0.3) is 11.6 Å². The van der Waals surface area contributed by atoms with E-state index in [-0.39, 0.29) is 49.1 Å². The number of hydrogen-bond acceptors (Lipinski definition) is 4. The third kappa shape index (κ3) is 10.3. The Balaban J connectivity index is 0.000000562. The maximum atomic E-state index is 11.8. The second-order valence-corrected chi connectivity index (χ2v) is 5.52. The van der Waals surface area contributed by atoms with Crippen LogP contribution in [0.3, 0.4) is 0 Å². The summed E-state index contributed by atoms with van der Waals surface area (Å²) in [4.78, 5) is 21.0. The van der Waals surface area contributed by atoms with Crippen molar-refractivity contribution in [1.29, 1.82) is 0 Å². The number of carbonyl (C=O) groups excluding carboxylic acids is 2. The van der Waals surface area contributed by atoms with Gasteiger partial charge in [-0.05, 0) is 0 Å². The molecular formula is C20H14F6HfO4. The zero-order chi connectivity index (χ0) is 22.9. The van der Waals surface area contributed by atoms with E-state index in [0.29, 0.717) is 0 Å². The molecule has 0 fully saturated rings. The van der Waals surface area contributed by atoms with Crippen LogP contribution in [0.2, 0.25) is 0 Å². The molecular weight excluding hydrogens is 597 g/mol. The molecule has 31 heavy (non-hydrogen) atoms. The molecule has 0 spiro atoms. The third-order valence-electron chi connectivity index (χ3n) is 3.23. The van der Waals surface area contributed by atoms with Crippen molar-refractivity contribution in [3.63, 3.8) is 0 Å². The number of allylic oxidation sites excluding steroid dienone is 2. The molecule has 2 aromatic carbocycles. The minimum Gasteiger partial charge on any atom is -0.507 e. The summed E-state index contributed by atoms with van der Waals surface area (Å²) in [6.45, 7) is 0. The first-order chi connectivity index (χ1) is 13.8. The van der Waals surface area contributed by atoms with E-state index < -0.39 is 35.4 Å². The summed E-state index contributed by atoms with van der Waals surface area (Å²) >= 11 is 0. The maximum Gasteiger partial charge on any atom is 0.454 e. The van der Waals surface area contributed by atoms with E-state index in [0.717, 1.165) is 0 Å². The Bertz CT molecular complexity index is 843. The molecule has 4 nitrogen and oxygen atoms in total. The molecule has 0 bridgehead atoms. The second kappa shape index (κ2) is 12.2. The van der Waals surface area contributed by atoms with E-state index in [1.54, 1.807) is 12.1 Å². The number of hydrogen-bond donors (Lipinski definition) is 2. The molecule has 0 aromatic heterocycles. The van der Waals surface area contributed by atoms with Gasteiger partial charge in [0.1, 0.15) is 11.5 Å². The van der Waals surface area contributed by atoms with Crippen LogP contribution in [0.15, 0.2) is 72.8 Å². The Morgan fingerprint density at radius 2 is 0.871 bits per heavy atom. The van der Waals surface area contributed by atoms with Gasteiger partial charge in [-0.2, -0.15) is 26.3 Å². The van der Waals surface area contributed by atoms with Crippen LogP contribution in [-0.2, 0) is 35.4 Å². The van der Waals surface area contributed by atoms with Crippen molar-refractivity contribution in [2.75, 3.05) is 0 Å². The van der Waals surface area contributed by atoms with Gasteiger partial charge in [0.05, 0.1) is 0 Å². The molecule has 2 N–H and O–H groups in total. The molecule has 0 aliphatic rings. The summed E-state index contributed by atoms with van der Waals surface area (Å²) in [6, 6.07) is 15.0. The van der Waals surface area contributed by atoms with Crippen LogP contribution in [-0.4, -0.2) is 34.1 Å². The Labute approximate surface area is 191 Å². The van der Waals surface area contributed by atoms with Gasteiger partial charge in [0.2, 0.25) is 0 Å². The molecule has 0 aliphatic carbocycles. The monoisotopic (exact) mass is 612 g/mol. The maximum absolute atomic E-state index is 11.8. The molecule has 0 unspecified atom stereocenters. The molecule has 0 radical (unpaired) electrons. The second-order valence-electron chi connectivity index (χ2n) is 5.52. The molecule has 0 saturated heterocycles. The number of benzene rings is 2. The molecule has 0 atom stereocenters. The number of aliphatic hydroxyl groups excluding tert-OH is 2. The number of alkyl halides is 6. The standard InChI is InChI=1S/2C10H7F3O2.Hf/c2*11-10(12,13)9(15)6-8(14)7-4-2-1-3-5-7;/h2*1-6,14H;/b2*8-6-;. The van der Waals surface area contributed by atoms with Crippen molar-refractivity contribution in [1.82, 2.24) is 0 Å². The number of aliphatic hydroxyl groups is 2. The SMILES string of the molecule is O=C(/C=C(\O)c1ccccc1)C(F)(F)F.O=C(/C=C(\O)c1ccccc1)C(F)(F)F.[Hf]. The fraction of sp³-hybridized carbons (Fsp3) is 0.100. The minimum absolute atomic E-state index is 0. The van der Waals surface area contributed by atoms with Gasteiger partial charge in [-0.25, -0.2) is 0 Å². The molecule has 0 amide bonds. The van der Waals surface area contributed by atoms with Crippen LogP contribution in [0, 0.1) is 0 Å². The van der Waals surface area contributed by atoms with Crippen LogP contribution < -0.4 is 0 Å². The first-order valence-electron chi connectivity index (χ1n) is 7.97. The summed E-state index contributed by atoms with van der Waals surface area (Å²) in [5, 5.41) is 18.4. The molecule has 0 saturated carbocycles. The zero-order valence-electron chi connectivity index (χ0n) is 15.4. The quantitative estimate of drug-likeness (QED) is 0.210. The Hall–Kier alpha value is -2.69. The van der Waals surface area contributed by atoms with Gasteiger partial charge in [-0.3, -0.25) is 9.59 Å². The predicted octanol–water partition coefficient (Wildman–Crippen LogP) is 5.43. The Morgan fingerprint density at radius 3 is 1.10 bits per heavy atom. The summed E-state index contributed by atoms with van der Waals surface area (Å²) < 4.78 is 70.9. The fourth-order valence-electron chi connectivity index (χ4n) is 1.80. The molecule has 11 heteroatoms. The molecule has 2 aromatic rings. The van der Waals surface area contributed by atoms with Crippen molar-refractivity contribution in [3.8, 4) is 0 Å². The zero-order valence-corrected chi connectivity index (χ0v) is 19.0. The van der Waals surface area contributed by atoms with Gasteiger partial charge in [0.15, 0.2) is 0 Å². The first-order valence-corrected chi connectivity index (χ1v) is 7.97. The molecule has 164 valence electrons. The van der Waals surface area contributed by atoms with Gasteiger partial charge in [-0.1, -0.05) is 60.7 Å². The van der Waals surface area contributed by atoms with Gasteiger partial charge >= 0.3 is 12.4 Å². The number of rotatable bonds is 4. The fourth-order valence-corrected chi connectivity index (χ4v) is 1.80. The number of carbonyl (C=O) groups is 2. The topological polar surface area (TPSA) is 74.6 Å². The van der Waals surface area contributed by atoms with E-state index in [1.807, 2.05) is 0 Å². The van der Waals surface area contributed by atoms with Crippen molar-refractivity contribution < 1.29 is 72.0 Å². The van der Waals surface area contributed by atoms with Crippen LogP contribution >= 0.6 is 0 Å². The smallest absolute Gasteiger partial charge is 0.454 e. The van der Waals surface area contributed by atoms with Crippen molar-refractivity contribution in [3.05, 3.63) is 83.9 Å². The van der Waals surface area contributed by atoms with Crippen molar-refractivity contribution >= 4 is 23.1 Å². The van der Waals surface area contributed by atoms with Gasteiger partial charge in [0, 0.05) is 49.1 Å². The Kier molecular flexibility index (Phi) is 11.2. The summed E-state index contributed by atoms with van der Waals surface area (Å²) in [7, 11) is 0. The number of halogens is 6. The predicted molar refractivity (Wildman–Crippen MR) is 96.2 cm³/mol. The van der Waals surface area contributed by atoms with Crippen molar-refractivity contribution in [2.45, 2.75) is 12.4 Å². The average molecular weight is 611 g/mol. The average Bonchev–Trinajstić information content (AvgIpc) is 2.68. The van der Waals surface area contributed by atoms with Crippen LogP contribution in [0.1, 0.15) is 11.1 Å². The molecule has 0 heterocycles. The summed E-state index contributed by atoms with van der Waals surface area (Å²) in [5.41, 5.74) is 0.324. The number of ketones is 2. The third-order valence-corrected chi connectivity index (χ3v) is 3.23. The van der Waals surface area contributed by atoms with E-state index in [9.17, 15) is 46.1 Å². The van der Waals surface area contributed by atoms with E-state index in [1.165, 1.54) is 48.5 Å². The normalized spacial score (nSPS) is 12.2. The van der Waals surface area contributed by atoms with Crippen LogP contribution in [0.5, 0.6) is 0 Å². The summed E-state index contributed by atoms with van der Waals surface area (Å²) in [5.74, 6) is -5.55. The largest absolute Gasteiger partial charge is 0.507 e. The minimum atomic E-state index is -4.96. The molecule has 0 aliphatic heterocycles. The van der Waals surface area contributed by atoms with E-state index >= 15 is 0 Å². The van der Waals surface area contributed by atoms with Crippen LogP contribution in [0.4, 0.5) is 26.3 Å². The summed E-state index contributed by atoms with van der Waals surface area (Å²) in [6.07, 6.45) is -9.59. The van der Waals surface area contributed by atoms with Gasteiger partial charge < -0.3 is 10.2 Å². The van der Waals surface area contributed by atoms with Crippen LogP contribution in [0.25, 0.3) is 11.5 Å². The van der Waals surface area contributed by atoms with Crippen molar-refractivity contribution in [2.24, 2.45) is 0 Å². The van der Waals surface area contributed by atoms with E-state index in [4.69, 9.17) is 0 Å².